The monoisotopic (exact) mass is 369 g/mol. The first-order chi connectivity index (χ1) is 13.1. The molecule has 6 heteroatoms. The number of likely N-dealkylation sites (N-methyl/N-ethyl adjacent to an activating group) is 1. The van der Waals surface area contributed by atoms with Crippen LogP contribution in [0.1, 0.15) is 6.42 Å². The Kier molecular flexibility index (Phi) is 6.68. The van der Waals surface area contributed by atoms with Gasteiger partial charge in [0.05, 0.1) is 13.7 Å². The molecule has 1 fully saturated rings. The molecule has 0 saturated carbocycles. The summed E-state index contributed by atoms with van der Waals surface area (Å²) in [5.74, 6) is 2.03. The number of rotatable bonds is 6. The maximum atomic E-state index is 12.3. The minimum absolute atomic E-state index is 0.0120. The quantitative estimate of drug-likeness (QED) is 0.848. The van der Waals surface area contributed by atoms with Crippen molar-refractivity contribution < 1.29 is 14.3 Å². The molecule has 0 unspecified atom stereocenters. The number of carbonyl (C=O) groups excluding carboxylic acids is 1. The van der Waals surface area contributed by atoms with Gasteiger partial charge < -0.3 is 19.7 Å². The first kappa shape index (κ1) is 19.2. The minimum atomic E-state index is 0.0120. The van der Waals surface area contributed by atoms with Gasteiger partial charge in [0.15, 0.2) is 11.5 Å². The summed E-state index contributed by atoms with van der Waals surface area (Å²) in [7, 11) is 3.74. The van der Waals surface area contributed by atoms with E-state index in [-0.39, 0.29) is 5.91 Å². The Morgan fingerprint density at radius 1 is 1.00 bits per heavy atom. The van der Waals surface area contributed by atoms with Crippen molar-refractivity contribution in [2.75, 3.05) is 52.2 Å². The van der Waals surface area contributed by atoms with Crippen LogP contribution in [-0.4, -0.2) is 62.6 Å². The highest BCUT2D eigenvalue weighted by molar-refractivity contribution is 5.92. The van der Waals surface area contributed by atoms with Gasteiger partial charge in [0.1, 0.15) is 5.75 Å². The molecule has 0 aliphatic carbocycles. The molecule has 0 bridgehead atoms. The normalized spacial score (nSPS) is 15.8. The van der Waals surface area contributed by atoms with E-state index in [0.717, 1.165) is 38.3 Å². The van der Waals surface area contributed by atoms with Crippen molar-refractivity contribution in [2.45, 2.75) is 6.42 Å². The molecule has 2 aromatic carbocycles. The zero-order valence-corrected chi connectivity index (χ0v) is 16.0. The second-order valence-corrected chi connectivity index (χ2v) is 6.76. The summed E-state index contributed by atoms with van der Waals surface area (Å²) < 4.78 is 11.1. The van der Waals surface area contributed by atoms with Crippen molar-refractivity contribution in [3.05, 3.63) is 48.5 Å². The van der Waals surface area contributed by atoms with Gasteiger partial charge in [-0.2, -0.15) is 0 Å². The third-order valence-electron chi connectivity index (χ3n) is 4.61. The molecule has 1 saturated heterocycles. The average Bonchev–Trinajstić information content (AvgIpc) is 2.88. The predicted molar refractivity (Wildman–Crippen MR) is 107 cm³/mol. The number of amides is 1. The summed E-state index contributed by atoms with van der Waals surface area (Å²) in [6.07, 6.45) is 1.10. The van der Waals surface area contributed by atoms with Crippen LogP contribution in [0.3, 0.4) is 0 Å². The summed E-state index contributed by atoms with van der Waals surface area (Å²) in [6, 6.07) is 14.9. The fourth-order valence-electron chi connectivity index (χ4n) is 3.10. The largest absolute Gasteiger partial charge is 0.493 e. The second-order valence-electron chi connectivity index (χ2n) is 6.76. The van der Waals surface area contributed by atoms with Gasteiger partial charge in [0.2, 0.25) is 5.91 Å². The van der Waals surface area contributed by atoms with Crippen molar-refractivity contribution in [2.24, 2.45) is 0 Å². The molecule has 144 valence electrons. The lowest BCUT2D eigenvalue weighted by Crippen LogP contribution is -2.35. The first-order valence-electron chi connectivity index (χ1n) is 9.26. The number of para-hydroxylation sites is 2. The third kappa shape index (κ3) is 5.70. The second kappa shape index (κ2) is 9.39. The van der Waals surface area contributed by atoms with Crippen LogP contribution in [0.4, 0.5) is 5.69 Å². The highest BCUT2D eigenvalue weighted by Gasteiger charge is 2.15. The van der Waals surface area contributed by atoms with Gasteiger partial charge in [0, 0.05) is 18.8 Å². The Hall–Kier alpha value is -2.57. The predicted octanol–water partition coefficient (Wildman–Crippen LogP) is 3.06. The highest BCUT2D eigenvalue weighted by Crippen LogP contribution is 2.31. The molecule has 0 atom stereocenters. The number of nitrogens with one attached hydrogen (secondary N) is 1. The smallest absolute Gasteiger partial charge is 0.238 e. The fourth-order valence-corrected chi connectivity index (χ4v) is 3.10. The number of anilines is 1. The molecule has 6 nitrogen and oxygen atoms in total. The maximum Gasteiger partial charge on any atom is 0.238 e. The lowest BCUT2D eigenvalue weighted by molar-refractivity contribution is -0.117. The molecule has 3 rings (SSSR count). The lowest BCUT2D eigenvalue weighted by atomic mass is 10.3. The number of hydrogen-bond acceptors (Lipinski definition) is 5. The number of nitrogens with zero attached hydrogens (tertiary/aromatic N) is 2. The van der Waals surface area contributed by atoms with E-state index in [0.29, 0.717) is 23.8 Å². The maximum absolute atomic E-state index is 12.3. The van der Waals surface area contributed by atoms with Crippen LogP contribution in [0.15, 0.2) is 48.5 Å². The van der Waals surface area contributed by atoms with Gasteiger partial charge >= 0.3 is 0 Å². The Morgan fingerprint density at radius 2 is 1.74 bits per heavy atom. The first-order valence-corrected chi connectivity index (χ1v) is 9.26. The molecule has 0 radical (unpaired) electrons. The SMILES string of the molecule is COc1ccccc1Oc1ccc(NC(=O)CN2CCCN(C)CC2)cc1. The van der Waals surface area contributed by atoms with Crippen molar-refractivity contribution in [3.63, 3.8) is 0 Å². The van der Waals surface area contributed by atoms with Gasteiger partial charge in [-0.05, 0) is 63.0 Å². The zero-order valence-electron chi connectivity index (χ0n) is 16.0. The highest BCUT2D eigenvalue weighted by atomic mass is 16.5. The third-order valence-corrected chi connectivity index (χ3v) is 4.61. The van der Waals surface area contributed by atoms with E-state index in [4.69, 9.17) is 9.47 Å². The van der Waals surface area contributed by atoms with Crippen LogP contribution in [0.25, 0.3) is 0 Å². The molecule has 1 aliphatic rings. The molecule has 2 aromatic rings. The van der Waals surface area contributed by atoms with Gasteiger partial charge in [0.25, 0.3) is 0 Å². The molecular weight excluding hydrogens is 342 g/mol. The number of benzene rings is 2. The Labute approximate surface area is 160 Å². The number of ether oxygens (including phenoxy) is 2. The van der Waals surface area contributed by atoms with Gasteiger partial charge in [-0.3, -0.25) is 9.69 Å². The van der Waals surface area contributed by atoms with E-state index >= 15 is 0 Å². The number of hydrogen-bond donors (Lipinski definition) is 1. The average molecular weight is 369 g/mol. The van der Waals surface area contributed by atoms with E-state index < -0.39 is 0 Å². The van der Waals surface area contributed by atoms with Crippen molar-refractivity contribution in [1.82, 2.24) is 9.80 Å². The number of methoxy groups -OCH3 is 1. The summed E-state index contributed by atoms with van der Waals surface area (Å²) in [6.45, 7) is 4.40. The van der Waals surface area contributed by atoms with E-state index in [1.54, 1.807) is 7.11 Å². The van der Waals surface area contributed by atoms with Crippen LogP contribution in [0.5, 0.6) is 17.2 Å². The molecule has 0 aromatic heterocycles. The molecule has 0 spiro atoms. The van der Waals surface area contributed by atoms with Crippen molar-refractivity contribution >= 4 is 11.6 Å². The van der Waals surface area contributed by atoms with Crippen LogP contribution >= 0.6 is 0 Å². The summed E-state index contributed by atoms with van der Waals surface area (Å²) in [5, 5.41) is 2.96. The van der Waals surface area contributed by atoms with Crippen LogP contribution < -0.4 is 14.8 Å². The lowest BCUT2D eigenvalue weighted by Gasteiger charge is -2.19. The van der Waals surface area contributed by atoms with Crippen LogP contribution in [0, 0.1) is 0 Å². The standard InChI is InChI=1S/C21H27N3O3/c1-23-12-5-13-24(15-14-23)16-21(25)22-17-8-10-18(11-9-17)27-20-7-4-3-6-19(20)26-2/h3-4,6-11H,5,12-16H2,1-2H3,(H,22,25). The molecule has 1 amide bonds. The van der Waals surface area contributed by atoms with Crippen molar-refractivity contribution in [3.8, 4) is 17.2 Å². The summed E-state index contributed by atoms with van der Waals surface area (Å²) in [4.78, 5) is 16.8. The van der Waals surface area contributed by atoms with Crippen LogP contribution in [0.2, 0.25) is 0 Å². The minimum Gasteiger partial charge on any atom is -0.493 e. The topological polar surface area (TPSA) is 54.0 Å². The summed E-state index contributed by atoms with van der Waals surface area (Å²) in [5.41, 5.74) is 0.763. The Morgan fingerprint density at radius 3 is 2.48 bits per heavy atom. The zero-order chi connectivity index (χ0) is 19.1. The molecule has 27 heavy (non-hydrogen) atoms. The van der Waals surface area contributed by atoms with E-state index in [9.17, 15) is 4.79 Å². The molecule has 1 aliphatic heterocycles. The van der Waals surface area contributed by atoms with Crippen LogP contribution in [-0.2, 0) is 4.79 Å². The summed E-state index contributed by atoms with van der Waals surface area (Å²) >= 11 is 0. The fraction of sp³-hybridized carbons (Fsp3) is 0.381. The Bertz CT molecular complexity index is 749. The van der Waals surface area contributed by atoms with Gasteiger partial charge in [-0.15, -0.1) is 0 Å². The number of carbonyl (C=O) groups is 1. The molecule has 1 heterocycles. The van der Waals surface area contributed by atoms with Crippen molar-refractivity contribution in [1.29, 1.82) is 0 Å². The molecule has 1 N–H and O–H groups in total. The Balaban J connectivity index is 1.53. The van der Waals surface area contributed by atoms with E-state index in [1.807, 2.05) is 48.5 Å². The van der Waals surface area contributed by atoms with E-state index in [1.165, 1.54) is 0 Å². The molecular formula is C21H27N3O3. The van der Waals surface area contributed by atoms with Gasteiger partial charge in [-0.1, -0.05) is 12.1 Å². The van der Waals surface area contributed by atoms with Gasteiger partial charge in [-0.25, -0.2) is 0 Å². The van der Waals surface area contributed by atoms with E-state index in [2.05, 4.69) is 22.2 Å².